The minimum Gasteiger partial charge on any atom is -0.362 e. The number of amides is 3. The number of hydrogen-bond donors (Lipinski definition) is 2. The minimum atomic E-state index is -0.659. The molecule has 0 saturated carbocycles. The third-order valence-electron chi connectivity index (χ3n) is 6.75. The number of aryl methyl sites for hydroxylation is 1. The molecule has 2 fully saturated rings. The highest BCUT2D eigenvalue weighted by atomic mass is 16.2. The highest BCUT2D eigenvalue weighted by molar-refractivity contribution is 6.02. The van der Waals surface area contributed by atoms with Gasteiger partial charge in [-0.05, 0) is 50.8 Å². The van der Waals surface area contributed by atoms with Crippen molar-refractivity contribution < 1.29 is 14.4 Å². The number of benzene rings is 1. The first-order valence-electron chi connectivity index (χ1n) is 11.2. The Balaban J connectivity index is 1.49. The van der Waals surface area contributed by atoms with Gasteiger partial charge >= 0.3 is 0 Å². The molecule has 1 aromatic carbocycles. The fraction of sp³-hybridized carbons (Fsp3) is 0.609. The smallest absolute Gasteiger partial charge is 0.255 e. The summed E-state index contributed by atoms with van der Waals surface area (Å²) in [4.78, 5) is 42.4. The van der Waals surface area contributed by atoms with Crippen LogP contribution in [-0.2, 0) is 9.59 Å². The van der Waals surface area contributed by atoms with Gasteiger partial charge < -0.3 is 20.4 Å². The number of fused-ring (bicyclic) bond motifs is 1. The molecule has 0 aromatic heterocycles. The first kappa shape index (κ1) is 20.7. The molecule has 0 bridgehead atoms. The molecule has 1 spiro atoms. The minimum absolute atomic E-state index is 0.0198. The van der Waals surface area contributed by atoms with E-state index in [4.69, 9.17) is 0 Å². The standard InChI is InChI=1S/C23H32N4O3/c1-16-7-8-18-19(15-16)24-23(25-21(18)29)10-9-20(28)27(14-11-23)17(2)22(30)26-12-5-3-4-6-13-26/h7-8,15,17,24H,3-6,9-14H2,1-2H3,(H,25,29)/t17-,23-/m0/s1. The molecule has 162 valence electrons. The maximum absolute atomic E-state index is 13.1. The van der Waals surface area contributed by atoms with E-state index in [2.05, 4.69) is 10.6 Å². The Morgan fingerprint density at radius 1 is 1.03 bits per heavy atom. The van der Waals surface area contributed by atoms with Crippen LogP contribution in [0.25, 0.3) is 0 Å². The Kier molecular flexibility index (Phi) is 5.71. The first-order chi connectivity index (χ1) is 14.4. The highest BCUT2D eigenvalue weighted by Gasteiger charge is 2.42. The molecule has 2 N–H and O–H groups in total. The van der Waals surface area contributed by atoms with Gasteiger partial charge in [-0.3, -0.25) is 14.4 Å². The second-order valence-corrected chi connectivity index (χ2v) is 8.96. The van der Waals surface area contributed by atoms with Crippen molar-refractivity contribution in [3.8, 4) is 0 Å². The van der Waals surface area contributed by atoms with E-state index in [1.807, 2.05) is 36.9 Å². The lowest BCUT2D eigenvalue weighted by Crippen LogP contribution is -2.58. The van der Waals surface area contributed by atoms with Crippen molar-refractivity contribution in [3.05, 3.63) is 29.3 Å². The number of rotatable bonds is 2. The molecule has 3 amide bonds. The van der Waals surface area contributed by atoms with Gasteiger partial charge in [0.1, 0.15) is 11.7 Å². The highest BCUT2D eigenvalue weighted by Crippen LogP contribution is 2.32. The summed E-state index contributed by atoms with van der Waals surface area (Å²) in [5.41, 5.74) is 1.86. The summed E-state index contributed by atoms with van der Waals surface area (Å²) in [5, 5.41) is 6.60. The van der Waals surface area contributed by atoms with Gasteiger partial charge in [0.25, 0.3) is 5.91 Å². The molecule has 0 aliphatic carbocycles. The van der Waals surface area contributed by atoms with Gasteiger partial charge in [-0.1, -0.05) is 18.9 Å². The van der Waals surface area contributed by atoms with Crippen molar-refractivity contribution in [2.75, 3.05) is 25.0 Å². The SMILES string of the molecule is Cc1ccc2c(c1)N[C@@]1(CCC(=O)N([C@@H](C)C(=O)N3CCCCCC3)CC1)NC2=O. The van der Waals surface area contributed by atoms with Gasteiger partial charge in [-0.15, -0.1) is 0 Å². The topological polar surface area (TPSA) is 81.8 Å². The van der Waals surface area contributed by atoms with Gasteiger partial charge in [0, 0.05) is 38.2 Å². The van der Waals surface area contributed by atoms with E-state index in [0.29, 0.717) is 31.4 Å². The number of anilines is 1. The van der Waals surface area contributed by atoms with Crippen molar-refractivity contribution in [1.29, 1.82) is 0 Å². The number of carbonyl (C=O) groups excluding carboxylic acids is 3. The normalized spacial score (nSPS) is 25.7. The Labute approximate surface area is 178 Å². The molecule has 30 heavy (non-hydrogen) atoms. The number of nitrogens with one attached hydrogen (secondary N) is 2. The monoisotopic (exact) mass is 412 g/mol. The molecule has 2 saturated heterocycles. The number of nitrogens with zero attached hydrogens (tertiary/aromatic N) is 2. The zero-order chi connectivity index (χ0) is 21.3. The summed E-state index contributed by atoms with van der Waals surface area (Å²) in [6.07, 6.45) is 5.76. The molecule has 1 aromatic rings. The second-order valence-electron chi connectivity index (χ2n) is 8.96. The maximum atomic E-state index is 13.1. The van der Waals surface area contributed by atoms with Crippen LogP contribution in [0.5, 0.6) is 0 Å². The molecule has 0 unspecified atom stereocenters. The van der Waals surface area contributed by atoms with E-state index < -0.39 is 11.7 Å². The quantitative estimate of drug-likeness (QED) is 0.782. The van der Waals surface area contributed by atoms with Gasteiger partial charge in [-0.25, -0.2) is 0 Å². The van der Waals surface area contributed by atoms with Crippen molar-refractivity contribution in [2.24, 2.45) is 0 Å². The van der Waals surface area contributed by atoms with E-state index in [1.165, 1.54) is 0 Å². The van der Waals surface area contributed by atoms with Crippen LogP contribution in [0.2, 0.25) is 0 Å². The second kappa shape index (κ2) is 8.28. The number of likely N-dealkylation sites (tertiary alicyclic amines) is 2. The average Bonchev–Trinajstić information content (AvgIpc) is 3.07. The average molecular weight is 413 g/mol. The van der Waals surface area contributed by atoms with Crippen molar-refractivity contribution >= 4 is 23.4 Å². The molecule has 3 aliphatic heterocycles. The summed E-state index contributed by atoms with van der Waals surface area (Å²) in [7, 11) is 0. The van der Waals surface area contributed by atoms with Crippen LogP contribution in [0.3, 0.4) is 0 Å². The van der Waals surface area contributed by atoms with Crippen molar-refractivity contribution in [2.45, 2.75) is 70.5 Å². The summed E-state index contributed by atoms with van der Waals surface area (Å²) >= 11 is 0. The van der Waals surface area contributed by atoms with Gasteiger partial charge in [-0.2, -0.15) is 0 Å². The Hall–Kier alpha value is -2.57. The molecule has 2 atom stereocenters. The summed E-state index contributed by atoms with van der Waals surface area (Å²) in [6, 6.07) is 5.26. The molecule has 3 heterocycles. The largest absolute Gasteiger partial charge is 0.362 e. The zero-order valence-corrected chi connectivity index (χ0v) is 18.0. The molecular formula is C23H32N4O3. The molecule has 7 nitrogen and oxygen atoms in total. The van der Waals surface area contributed by atoms with Crippen molar-refractivity contribution in [3.63, 3.8) is 0 Å². The number of carbonyl (C=O) groups is 3. The third kappa shape index (κ3) is 4.02. The van der Waals surface area contributed by atoms with Crippen LogP contribution in [-0.4, -0.2) is 58.9 Å². The maximum Gasteiger partial charge on any atom is 0.255 e. The predicted octanol–water partition coefficient (Wildman–Crippen LogP) is 2.65. The summed E-state index contributed by atoms with van der Waals surface area (Å²) in [6.45, 7) is 5.84. The van der Waals surface area contributed by atoms with Crippen LogP contribution >= 0.6 is 0 Å². The zero-order valence-electron chi connectivity index (χ0n) is 18.0. The predicted molar refractivity (Wildman–Crippen MR) is 115 cm³/mol. The molecular weight excluding hydrogens is 380 g/mol. The van der Waals surface area contributed by atoms with Crippen LogP contribution in [0, 0.1) is 6.92 Å². The fourth-order valence-corrected chi connectivity index (χ4v) is 4.91. The van der Waals surface area contributed by atoms with E-state index in [1.54, 1.807) is 4.90 Å². The van der Waals surface area contributed by atoms with E-state index in [9.17, 15) is 14.4 Å². The molecule has 3 aliphatic rings. The first-order valence-corrected chi connectivity index (χ1v) is 11.2. The van der Waals surface area contributed by atoms with E-state index in [-0.39, 0.29) is 17.7 Å². The lowest BCUT2D eigenvalue weighted by molar-refractivity contribution is -0.144. The van der Waals surface area contributed by atoms with E-state index in [0.717, 1.165) is 50.0 Å². The molecule has 4 rings (SSSR count). The number of hydrogen-bond acceptors (Lipinski definition) is 4. The molecule has 7 heteroatoms. The van der Waals surface area contributed by atoms with Gasteiger partial charge in [0.05, 0.1) is 5.56 Å². The van der Waals surface area contributed by atoms with Gasteiger partial charge in [0.2, 0.25) is 11.8 Å². The fourth-order valence-electron chi connectivity index (χ4n) is 4.91. The Morgan fingerprint density at radius 2 is 1.77 bits per heavy atom. The third-order valence-corrected chi connectivity index (χ3v) is 6.75. The van der Waals surface area contributed by atoms with Crippen LogP contribution in [0.1, 0.15) is 67.8 Å². The van der Waals surface area contributed by atoms with Gasteiger partial charge in [0.15, 0.2) is 0 Å². The Morgan fingerprint density at radius 3 is 2.50 bits per heavy atom. The molecule has 0 radical (unpaired) electrons. The van der Waals surface area contributed by atoms with Crippen LogP contribution in [0.15, 0.2) is 18.2 Å². The lowest BCUT2D eigenvalue weighted by Gasteiger charge is -2.40. The van der Waals surface area contributed by atoms with Crippen molar-refractivity contribution in [1.82, 2.24) is 15.1 Å². The van der Waals surface area contributed by atoms with E-state index >= 15 is 0 Å². The van der Waals surface area contributed by atoms with Crippen LogP contribution in [0.4, 0.5) is 5.69 Å². The van der Waals surface area contributed by atoms with Crippen LogP contribution < -0.4 is 10.6 Å². The summed E-state index contributed by atoms with van der Waals surface area (Å²) in [5.74, 6) is -0.0882. The lowest BCUT2D eigenvalue weighted by atomic mass is 9.94. The summed E-state index contributed by atoms with van der Waals surface area (Å²) < 4.78 is 0. The Bertz CT molecular complexity index is 847.